The lowest BCUT2D eigenvalue weighted by molar-refractivity contribution is 0.227. The predicted octanol–water partition coefficient (Wildman–Crippen LogP) is -0.837. The zero-order valence-electron chi connectivity index (χ0n) is 5.93. The van der Waals surface area contributed by atoms with Crippen LogP contribution >= 0.6 is 0 Å². The van der Waals surface area contributed by atoms with Crippen molar-refractivity contribution < 1.29 is 5.11 Å². The summed E-state index contributed by atoms with van der Waals surface area (Å²) in [5, 5.41) is 11.7. The Morgan fingerprint density at radius 3 is 2.67 bits per heavy atom. The first-order valence-electron chi connectivity index (χ1n) is 3.36. The van der Waals surface area contributed by atoms with Gasteiger partial charge >= 0.3 is 0 Å². The van der Waals surface area contributed by atoms with Crippen LogP contribution in [0.25, 0.3) is 0 Å². The van der Waals surface area contributed by atoms with Crippen LogP contribution in [-0.2, 0) is 0 Å². The molecule has 0 radical (unpaired) electrons. The Labute approximate surface area is 56.2 Å². The molecule has 0 saturated carbocycles. The highest BCUT2D eigenvalue weighted by molar-refractivity contribution is 4.59. The quantitative estimate of drug-likeness (QED) is 0.457. The van der Waals surface area contributed by atoms with Gasteiger partial charge in [0.05, 0.1) is 0 Å². The average Bonchev–Trinajstić information content (AvgIpc) is 1.91. The van der Waals surface area contributed by atoms with Crippen LogP contribution in [0.15, 0.2) is 0 Å². The van der Waals surface area contributed by atoms with Gasteiger partial charge in [-0.2, -0.15) is 0 Å². The van der Waals surface area contributed by atoms with Gasteiger partial charge < -0.3 is 16.2 Å². The van der Waals surface area contributed by atoms with E-state index < -0.39 is 0 Å². The fourth-order valence-electron chi connectivity index (χ4n) is 0.571. The molecule has 0 aromatic carbocycles. The second-order valence-corrected chi connectivity index (χ2v) is 2.09. The summed E-state index contributed by atoms with van der Waals surface area (Å²) in [5.41, 5.74) is 5.32. The van der Waals surface area contributed by atoms with Crippen LogP contribution in [0, 0.1) is 5.92 Å². The fraction of sp³-hybridized carbons (Fsp3) is 1.00. The molecule has 1 unspecified atom stereocenters. The summed E-state index contributed by atoms with van der Waals surface area (Å²) in [6.07, 6.45) is 0. The highest BCUT2D eigenvalue weighted by Crippen LogP contribution is 1.86. The van der Waals surface area contributed by atoms with E-state index in [0.29, 0.717) is 6.54 Å². The Hall–Kier alpha value is -0.120. The van der Waals surface area contributed by atoms with Crippen molar-refractivity contribution in [2.24, 2.45) is 11.7 Å². The molecule has 0 heterocycles. The van der Waals surface area contributed by atoms with Gasteiger partial charge in [-0.25, -0.2) is 0 Å². The highest BCUT2D eigenvalue weighted by Gasteiger charge is 2.01. The molecular weight excluding hydrogens is 116 g/mol. The first kappa shape index (κ1) is 8.88. The predicted molar refractivity (Wildman–Crippen MR) is 38.2 cm³/mol. The second kappa shape index (κ2) is 6.01. The summed E-state index contributed by atoms with van der Waals surface area (Å²) in [6.45, 7) is 4.54. The van der Waals surface area contributed by atoms with Crippen molar-refractivity contribution >= 4 is 0 Å². The number of aliphatic hydroxyl groups is 1. The van der Waals surface area contributed by atoms with Gasteiger partial charge in [0.25, 0.3) is 0 Å². The van der Waals surface area contributed by atoms with Crippen molar-refractivity contribution in [3.8, 4) is 0 Å². The smallest absolute Gasteiger partial charge is 0.0483 e. The number of hydrogen-bond donors (Lipinski definition) is 3. The number of nitrogens with two attached hydrogens (primary N) is 1. The zero-order valence-corrected chi connectivity index (χ0v) is 5.93. The lowest BCUT2D eigenvalue weighted by atomic mass is 10.1. The Kier molecular flexibility index (Phi) is 5.93. The number of hydrogen-bond acceptors (Lipinski definition) is 3. The number of nitrogens with one attached hydrogen (secondary N) is 1. The number of aliphatic hydroxyl groups excluding tert-OH is 1. The summed E-state index contributed by atoms with van der Waals surface area (Å²) in [6, 6.07) is 0. The third-order valence-electron chi connectivity index (χ3n) is 1.27. The summed E-state index contributed by atoms with van der Waals surface area (Å²) in [7, 11) is 0. The van der Waals surface area contributed by atoms with E-state index in [2.05, 4.69) is 5.32 Å². The van der Waals surface area contributed by atoms with E-state index in [-0.39, 0.29) is 12.5 Å². The molecule has 0 aliphatic rings. The Morgan fingerprint density at radius 2 is 2.33 bits per heavy atom. The van der Waals surface area contributed by atoms with E-state index in [4.69, 9.17) is 10.8 Å². The van der Waals surface area contributed by atoms with Crippen LogP contribution in [0.2, 0.25) is 0 Å². The highest BCUT2D eigenvalue weighted by atomic mass is 16.3. The largest absolute Gasteiger partial charge is 0.396 e. The minimum atomic E-state index is 0.184. The van der Waals surface area contributed by atoms with Gasteiger partial charge in [-0.3, -0.25) is 0 Å². The first-order valence-corrected chi connectivity index (χ1v) is 3.36. The summed E-state index contributed by atoms with van der Waals surface area (Å²) in [5.74, 6) is 0.227. The van der Waals surface area contributed by atoms with E-state index in [0.717, 1.165) is 13.1 Å². The van der Waals surface area contributed by atoms with Gasteiger partial charge in [-0.1, -0.05) is 6.92 Å². The third-order valence-corrected chi connectivity index (χ3v) is 1.27. The molecule has 0 fully saturated rings. The van der Waals surface area contributed by atoms with Gasteiger partial charge in [0.1, 0.15) is 0 Å². The molecule has 4 N–H and O–H groups in total. The molecule has 1 atom stereocenters. The molecule has 0 aliphatic heterocycles. The van der Waals surface area contributed by atoms with Crippen LogP contribution in [0.3, 0.4) is 0 Å². The van der Waals surface area contributed by atoms with E-state index in [1.807, 2.05) is 6.92 Å². The van der Waals surface area contributed by atoms with Crippen molar-refractivity contribution in [1.82, 2.24) is 5.32 Å². The van der Waals surface area contributed by atoms with Crippen LogP contribution in [-0.4, -0.2) is 31.3 Å². The maximum absolute atomic E-state index is 8.63. The second-order valence-electron chi connectivity index (χ2n) is 2.09. The van der Waals surface area contributed by atoms with Gasteiger partial charge in [-0.05, 0) is 13.1 Å². The average molecular weight is 132 g/mol. The molecule has 0 aromatic rings. The minimum Gasteiger partial charge on any atom is -0.396 e. The van der Waals surface area contributed by atoms with Crippen LogP contribution in [0.1, 0.15) is 6.92 Å². The van der Waals surface area contributed by atoms with Gasteiger partial charge in [0, 0.05) is 19.1 Å². The monoisotopic (exact) mass is 132 g/mol. The minimum absolute atomic E-state index is 0.184. The third kappa shape index (κ3) is 4.39. The van der Waals surface area contributed by atoms with Gasteiger partial charge in [0.2, 0.25) is 0 Å². The molecule has 0 rings (SSSR count). The molecule has 3 heteroatoms. The summed E-state index contributed by atoms with van der Waals surface area (Å²) >= 11 is 0. The molecule has 0 saturated heterocycles. The van der Waals surface area contributed by atoms with E-state index in [9.17, 15) is 0 Å². The van der Waals surface area contributed by atoms with Crippen molar-refractivity contribution in [3.63, 3.8) is 0 Å². The Morgan fingerprint density at radius 1 is 1.67 bits per heavy atom. The molecular formula is C6H16N2O. The molecule has 0 aliphatic carbocycles. The molecule has 0 bridgehead atoms. The molecule has 0 amide bonds. The maximum atomic E-state index is 8.63. The topological polar surface area (TPSA) is 58.3 Å². The summed E-state index contributed by atoms with van der Waals surface area (Å²) < 4.78 is 0. The molecule has 56 valence electrons. The van der Waals surface area contributed by atoms with E-state index >= 15 is 0 Å². The first-order chi connectivity index (χ1) is 4.35. The van der Waals surface area contributed by atoms with E-state index in [1.54, 1.807) is 0 Å². The molecule has 9 heavy (non-hydrogen) atoms. The normalized spacial score (nSPS) is 13.7. The van der Waals surface area contributed by atoms with Crippen LogP contribution < -0.4 is 11.1 Å². The zero-order chi connectivity index (χ0) is 7.11. The lowest BCUT2D eigenvalue weighted by Crippen LogP contribution is -2.30. The Balaban J connectivity index is 3.09. The standard InChI is InChI=1S/C6H16N2O/c1-2-8-4-6(3-7)5-9/h6,8-9H,2-5,7H2,1H3. The van der Waals surface area contributed by atoms with Crippen molar-refractivity contribution in [3.05, 3.63) is 0 Å². The van der Waals surface area contributed by atoms with Crippen molar-refractivity contribution in [2.45, 2.75) is 6.92 Å². The summed E-state index contributed by atoms with van der Waals surface area (Å²) in [4.78, 5) is 0. The van der Waals surface area contributed by atoms with Crippen LogP contribution in [0.5, 0.6) is 0 Å². The number of rotatable bonds is 5. The molecule has 3 nitrogen and oxygen atoms in total. The molecule has 0 aromatic heterocycles. The van der Waals surface area contributed by atoms with Crippen LogP contribution in [0.4, 0.5) is 0 Å². The van der Waals surface area contributed by atoms with Crippen molar-refractivity contribution in [2.75, 3.05) is 26.2 Å². The van der Waals surface area contributed by atoms with Crippen molar-refractivity contribution in [1.29, 1.82) is 0 Å². The fourth-order valence-corrected chi connectivity index (χ4v) is 0.571. The van der Waals surface area contributed by atoms with Gasteiger partial charge in [-0.15, -0.1) is 0 Å². The SMILES string of the molecule is CCNCC(CN)CO. The maximum Gasteiger partial charge on any atom is 0.0483 e. The van der Waals surface area contributed by atoms with Gasteiger partial charge in [0.15, 0.2) is 0 Å². The molecule has 0 spiro atoms. The Bertz CT molecular complexity index is 55.0. The lowest BCUT2D eigenvalue weighted by Gasteiger charge is -2.10. The van der Waals surface area contributed by atoms with E-state index in [1.165, 1.54) is 0 Å².